The van der Waals surface area contributed by atoms with Crippen molar-refractivity contribution in [2.75, 3.05) is 12.8 Å². The summed E-state index contributed by atoms with van der Waals surface area (Å²) < 4.78 is 3.86. The fourth-order valence-corrected chi connectivity index (χ4v) is 3.62. The van der Waals surface area contributed by atoms with Gasteiger partial charge in [0, 0.05) is 31.4 Å². The van der Waals surface area contributed by atoms with Crippen LogP contribution in [-0.4, -0.2) is 48.2 Å². The Balaban J connectivity index is 1.51. The molecule has 2 aromatic heterocycles. The van der Waals surface area contributed by atoms with Crippen molar-refractivity contribution in [2.45, 2.75) is 38.1 Å². The van der Waals surface area contributed by atoms with Gasteiger partial charge < -0.3 is 9.47 Å². The summed E-state index contributed by atoms with van der Waals surface area (Å²) >= 11 is 1.41. The van der Waals surface area contributed by atoms with Gasteiger partial charge in [0.05, 0.1) is 18.5 Å². The van der Waals surface area contributed by atoms with Gasteiger partial charge in [0.2, 0.25) is 5.91 Å². The zero-order valence-electron chi connectivity index (χ0n) is 15.8. The van der Waals surface area contributed by atoms with Crippen LogP contribution in [0.5, 0.6) is 0 Å². The summed E-state index contributed by atoms with van der Waals surface area (Å²) in [6.45, 7) is 5.38. The maximum absolute atomic E-state index is 12.4. The van der Waals surface area contributed by atoms with Crippen molar-refractivity contribution < 1.29 is 4.79 Å². The highest BCUT2D eigenvalue weighted by atomic mass is 32.2. The summed E-state index contributed by atoms with van der Waals surface area (Å²) in [6.07, 6.45) is 5.50. The molecule has 7 nitrogen and oxygen atoms in total. The zero-order valence-corrected chi connectivity index (χ0v) is 16.6. The van der Waals surface area contributed by atoms with E-state index in [0.717, 1.165) is 17.3 Å². The minimum Gasteiger partial charge on any atom is -0.341 e. The van der Waals surface area contributed by atoms with Gasteiger partial charge in [0.1, 0.15) is 6.33 Å². The predicted octanol–water partition coefficient (Wildman–Crippen LogP) is 2.85. The number of carbonyl (C=O) groups excluding carboxylic acids is 1. The minimum atomic E-state index is 0.0501. The van der Waals surface area contributed by atoms with Gasteiger partial charge in [-0.1, -0.05) is 42.1 Å². The lowest BCUT2D eigenvalue weighted by Crippen LogP contribution is -2.27. The van der Waals surface area contributed by atoms with Gasteiger partial charge in [-0.3, -0.25) is 9.48 Å². The van der Waals surface area contributed by atoms with Crippen LogP contribution in [0.3, 0.4) is 0 Å². The third-order valence-corrected chi connectivity index (χ3v) is 5.08. The first-order valence-electron chi connectivity index (χ1n) is 8.84. The highest BCUT2D eigenvalue weighted by Gasteiger charge is 2.14. The van der Waals surface area contributed by atoms with Crippen molar-refractivity contribution in [3.63, 3.8) is 0 Å². The average Bonchev–Trinajstić information content (AvgIpc) is 3.30. The summed E-state index contributed by atoms with van der Waals surface area (Å²) in [5, 5.41) is 13.2. The lowest BCUT2D eigenvalue weighted by atomic mass is 10.2. The second-order valence-corrected chi connectivity index (χ2v) is 7.63. The Morgan fingerprint density at radius 1 is 1.22 bits per heavy atom. The first kappa shape index (κ1) is 19.2. The third kappa shape index (κ3) is 5.19. The molecule has 0 bridgehead atoms. The Hall–Kier alpha value is -2.61. The number of aromatic nitrogens is 5. The molecule has 2 heterocycles. The van der Waals surface area contributed by atoms with E-state index in [0.29, 0.717) is 12.3 Å². The monoisotopic (exact) mass is 384 g/mol. The number of hydrogen-bond donors (Lipinski definition) is 0. The summed E-state index contributed by atoms with van der Waals surface area (Å²) in [6, 6.07) is 10.5. The number of thioether (sulfide) groups is 1. The van der Waals surface area contributed by atoms with Crippen LogP contribution in [0.15, 0.2) is 54.2 Å². The van der Waals surface area contributed by atoms with Crippen molar-refractivity contribution in [3.8, 4) is 0 Å². The van der Waals surface area contributed by atoms with Gasteiger partial charge >= 0.3 is 0 Å². The number of hydrogen-bond acceptors (Lipinski definition) is 5. The first-order chi connectivity index (χ1) is 13.0. The quantitative estimate of drug-likeness (QED) is 0.559. The molecule has 27 heavy (non-hydrogen) atoms. The molecule has 0 saturated carbocycles. The van der Waals surface area contributed by atoms with Crippen LogP contribution in [0.4, 0.5) is 0 Å². The zero-order chi connectivity index (χ0) is 19.2. The van der Waals surface area contributed by atoms with Crippen molar-refractivity contribution in [3.05, 3.63) is 60.2 Å². The van der Waals surface area contributed by atoms with Gasteiger partial charge in [-0.25, -0.2) is 0 Å². The predicted molar refractivity (Wildman–Crippen MR) is 105 cm³/mol. The van der Waals surface area contributed by atoms with Crippen molar-refractivity contribution in [1.82, 2.24) is 29.4 Å². The SMILES string of the molecule is CC(C)n1cnnc1SCC(=O)N(C)Cc1cnn(Cc2ccccc2)c1. The molecule has 142 valence electrons. The molecule has 0 aliphatic rings. The fraction of sp³-hybridized carbons (Fsp3) is 0.368. The molecule has 1 aromatic carbocycles. The fourth-order valence-electron chi connectivity index (χ4n) is 2.63. The van der Waals surface area contributed by atoms with E-state index < -0.39 is 0 Å². The van der Waals surface area contributed by atoms with Gasteiger partial charge in [0.15, 0.2) is 5.16 Å². The van der Waals surface area contributed by atoms with Gasteiger partial charge in [-0.15, -0.1) is 10.2 Å². The Bertz CT molecular complexity index is 873. The second kappa shape index (κ2) is 8.85. The topological polar surface area (TPSA) is 68.8 Å². The molecule has 0 saturated heterocycles. The first-order valence-corrected chi connectivity index (χ1v) is 9.83. The number of amides is 1. The Morgan fingerprint density at radius 3 is 2.74 bits per heavy atom. The highest BCUT2D eigenvalue weighted by Crippen LogP contribution is 2.19. The summed E-state index contributed by atoms with van der Waals surface area (Å²) in [5.74, 6) is 0.384. The number of rotatable bonds is 8. The van der Waals surface area contributed by atoms with Crippen molar-refractivity contribution in [1.29, 1.82) is 0 Å². The van der Waals surface area contributed by atoms with Crippen molar-refractivity contribution >= 4 is 17.7 Å². The molecular weight excluding hydrogens is 360 g/mol. The van der Waals surface area contributed by atoms with E-state index in [4.69, 9.17) is 0 Å². The van der Waals surface area contributed by atoms with E-state index in [9.17, 15) is 4.79 Å². The lowest BCUT2D eigenvalue weighted by Gasteiger charge is -2.16. The summed E-state index contributed by atoms with van der Waals surface area (Å²) in [7, 11) is 1.81. The average molecular weight is 385 g/mol. The number of nitrogens with zero attached hydrogens (tertiary/aromatic N) is 6. The standard InChI is InChI=1S/C19H24N6OS/c1-15(2)25-14-20-22-19(25)27-13-18(26)23(3)10-17-9-21-24(12-17)11-16-7-5-4-6-8-16/h4-9,12,14-15H,10-11,13H2,1-3H3. The van der Waals surface area contributed by atoms with Gasteiger partial charge in [-0.2, -0.15) is 5.10 Å². The van der Waals surface area contributed by atoms with Crippen LogP contribution >= 0.6 is 11.8 Å². The molecule has 0 aliphatic carbocycles. The normalized spacial score (nSPS) is 11.1. The van der Waals surface area contributed by atoms with Gasteiger partial charge in [0.25, 0.3) is 0 Å². The van der Waals surface area contributed by atoms with Crippen molar-refractivity contribution in [2.24, 2.45) is 0 Å². The molecule has 3 aromatic rings. The van der Waals surface area contributed by atoms with Gasteiger partial charge in [-0.05, 0) is 19.4 Å². The Morgan fingerprint density at radius 2 is 2.00 bits per heavy atom. The van der Waals surface area contributed by atoms with Crippen LogP contribution in [-0.2, 0) is 17.9 Å². The van der Waals surface area contributed by atoms with Crippen LogP contribution in [0.25, 0.3) is 0 Å². The van der Waals surface area contributed by atoms with Crippen LogP contribution in [0.1, 0.15) is 31.0 Å². The lowest BCUT2D eigenvalue weighted by molar-refractivity contribution is -0.127. The maximum atomic E-state index is 12.4. The molecular formula is C19H24N6OS. The Labute approximate surface area is 163 Å². The summed E-state index contributed by atoms with van der Waals surface area (Å²) in [4.78, 5) is 14.2. The molecule has 0 N–H and O–H groups in total. The van der Waals surface area contributed by atoms with E-state index in [-0.39, 0.29) is 11.9 Å². The number of benzene rings is 1. The Kier molecular flexibility index (Phi) is 6.28. The maximum Gasteiger partial charge on any atom is 0.233 e. The molecule has 0 atom stereocenters. The summed E-state index contributed by atoms with van der Waals surface area (Å²) in [5.41, 5.74) is 2.21. The smallest absolute Gasteiger partial charge is 0.233 e. The molecule has 1 amide bonds. The van der Waals surface area contributed by atoms with E-state index in [2.05, 4.69) is 41.3 Å². The molecule has 0 fully saturated rings. The molecule has 8 heteroatoms. The van der Waals surface area contributed by atoms with E-state index >= 15 is 0 Å². The van der Waals surface area contributed by atoms with E-state index in [1.54, 1.807) is 11.2 Å². The highest BCUT2D eigenvalue weighted by molar-refractivity contribution is 7.99. The third-order valence-electron chi connectivity index (χ3n) is 4.14. The molecule has 0 radical (unpaired) electrons. The van der Waals surface area contributed by atoms with Crippen LogP contribution in [0.2, 0.25) is 0 Å². The molecule has 0 spiro atoms. The minimum absolute atomic E-state index is 0.0501. The molecule has 3 rings (SSSR count). The molecule has 0 aliphatic heterocycles. The number of carbonyl (C=O) groups is 1. The van der Waals surface area contributed by atoms with Crippen LogP contribution in [0, 0.1) is 0 Å². The van der Waals surface area contributed by atoms with E-state index in [1.807, 2.05) is 46.9 Å². The van der Waals surface area contributed by atoms with E-state index in [1.165, 1.54) is 17.3 Å². The van der Waals surface area contributed by atoms with Crippen LogP contribution < -0.4 is 0 Å². The second-order valence-electron chi connectivity index (χ2n) is 6.68. The largest absolute Gasteiger partial charge is 0.341 e. The molecule has 0 unspecified atom stereocenters.